The number of nitriles is 1. The molecule has 0 radical (unpaired) electrons. The van der Waals surface area contributed by atoms with Gasteiger partial charge in [0, 0.05) is 6.20 Å². The molecule has 0 saturated heterocycles. The van der Waals surface area contributed by atoms with Gasteiger partial charge in [-0.2, -0.15) is 5.26 Å². The standard InChI is InChI=1S/C15H11N5S/c16-8-10-6-7-12(18-9-10)14-19-20-15(21-14)13(17)11-4-2-1-3-5-11/h1-7,9,13H,17H2. The van der Waals surface area contributed by atoms with Gasteiger partial charge < -0.3 is 5.73 Å². The third-order valence-corrected chi connectivity index (χ3v) is 4.01. The van der Waals surface area contributed by atoms with Crippen LogP contribution in [0, 0.1) is 11.3 Å². The second kappa shape index (κ2) is 5.79. The van der Waals surface area contributed by atoms with E-state index in [1.165, 1.54) is 17.5 Å². The monoisotopic (exact) mass is 293 g/mol. The Morgan fingerprint density at radius 3 is 2.57 bits per heavy atom. The average Bonchev–Trinajstić information content (AvgIpc) is 3.05. The Balaban J connectivity index is 1.87. The van der Waals surface area contributed by atoms with Crippen molar-refractivity contribution < 1.29 is 0 Å². The smallest absolute Gasteiger partial charge is 0.166 e. The van der Waals surface area contributed by atoms with E-state index in [1.54, 1.807) is 12.1 Å². The molecule has 3 aromatic rings. The highest BCUT2D eigenvalue weighted by Crippen LogP contribution is 2.27. The average molecular weight is 293 g/mol. The van der Waals surface area contributed by atoms with Crippen molar-refractivity contribution in [1.82, 2.24) is 15.2 Å². The fraction of sp³-hybridized carbons (Fsp3) is 0.0667. The number of pyridine rings is 1. The summed E-state index contributed by atoms with van der Waals surface area (Å²) in [4.78, 5) is 4.21. The molecule has 5 nitrogen and oxygen atoms in total. The predicted octanol–water partition coefficient (Wildman–Crippen LogP) is 2.52. The van der Waals surface area contributed by atoms with Crippen LogP contribution in [0.4, 0.5) is 0 Å². The summed E-state index contributed by atoms with van der Waals surface area (Å²) in [6.07, 6.45) is 1.52. The fourth-order valence-corrected chi connectivity index (χ4v) is 2.70. The van der Waals surface area contributed by atoms with E-state index in [2.05, 4.69) is 15.2 Å². The summed E-state index contributed by atoms with van der Waals surface area (Å²) >= 11 is 1.41. The zero-order valence-electron chi connectivity index (χ0n) is 11.0. The molecule has 0 aliphatic rings. The van der Waals surface area contributed by atoms with Crippen LogP contribution in [0.25, 0.3) is 10.7 Å². The minimum Gasteiger partial charge on any atom is -0.318 e. The van der Waals surface area contributed by atoms with Crippen molar-refractivity contribution in [3.63, 3.8) is 0 Å². The van der Waals surface area contributed by atoms with Gasteiger partial charge in [-0.25, -0.2) is 0 Å². The van der Waals surface area contributed by atoms with Crippen LogP contribution < -0.4 is 5.73 Å². The number of nitrogens with two attached hydrogens (primary N) is 1. The van der Waals surface area contributed by atoms with Crippen LogP contribution in [0.1, 0.15) is 22.2 Å². The lowest BCUT2D eigenvalue weighted by molar-refractivity contribution is 0.830. The summed E-state index contributed by atoms with van der Waals surface area (Å²) in [5.74, 6) is 0. The number of rotatable bonds is 3. The van der Waals surface area contributed by atoms with Crippen LogP contribution in [-0.4, -0.2) is 15.2 Å². The van der Waals surface area contributed by atoms with E-state index in [9.17, 15) is 0 Å². The molecule has 1 unspecified atom stereocenters. The molecular formula is C15H11N5S. The third-order valence-electron chi connectivity index (χ3n) is 2.98. The topological polar surface area (TPSA) is 88.5 Å². The largest absolute Gasteiger partial charge is 0.318 e. The summed E-state index contributed by atoms with van der Waals surface area (Å²) in [6.45, 7) is 0. The van der Waals surface area contributed by atoms with Crippen molar-refractivity contribution in [2.75, 3.05) is 0 Å². The number of hydrogen-bond acceptors (Lipinski definition) is 6. The van der Waals surface area contributed by atoms with Crippen LogP contribution in [0.5, 0.6) is 0 Å². The van der Waals surface area contributed by atoms with E-state index in [1.807, 2.05) is 36.4 Å². The van der Waals surface area contributed by atoms with Crippen molar-refractivity contribution in [3.05, 3.63) is 64.8 Å². The van der Waals surface area contributed by atoms with E-state index >= 15 is 0 Å². The molecule has 2 aromatic heterocycles. The van der Waals surface area contributed by atoms with Crippen LogP contribution in [-0.2, 0) is 0 Å². The lowest BCUT2D eigenvalue weighted by atomic mass is 10.1. The first-order chi connectivity index (χ1) is 10.3. The van der Waals surface area contributed by atoms with Crippen LogP contribution >= 0.6 is 11.3 Å². The lowest BCUT2D eigenvalue weighted by Crippen LogP contribution is -2.11. The SMILES string of the molecule is N#Cc1ccc(-c2nnc(C(N)c3ccccc3)s2)nc1. The highest BCUT2D eigenvalue weighted by atomic mass is 32.1. The molecule has 102 valence electrons. The van der Waals surface area contributed by atoms with Crippen LogP contribution in [0.3, 0.4) is 0 Å². The van der Waals surface area contributed by atoms with Gasteiger partial charge in [-0.3, -0.25) is 4.98 Å². The Morgan fingerprint density at radius 2 is 1.90 bits per heavy atom. The highest BCUT2D eigenvalue weighted by molar-refractivity contribution is 7.14. The molecule has 2 heterocycles. The van der Waals surface area contributed by atoms with Crippen molar-refractivity contribution in [2.45, 2.75) is 6.04 Å². The second-order valence-corrected chi connectivity index (χ2v) is 5.39. The molecule has 0 saturated carbocycles. The Morgan fingerprint density at radius 1 is 1.10 bits per heavy atom. The minimum absolute atomic E-state index is 0.296. The van der Waals surface area contributed by atoms with Crippen LogP contribution in [0.2, 0.25) is 0 Å². The summed E-state index contributed by atoms with van der Waals surface area (Å²) < 4.78 is 0. The first kappa shape index (κ1) is 13.4. The van der Waals surface area contributed by atoms with E-state index in [0.29, 0.717) is 16.3 Å². The highest BCUT2D eigenvalue weighted by Gasteiger charge is 2.15. The number of hydrogen-bond donors (Lipinski definition) is 1. The third kappa shape index (κ3) is 2.79. The summed E-state index contributed by atoms with van der Waals surface area (Å²) in [5.41, 5.74) is 8.40. The zero-order chi connectivity index (χ0) is 14.7. The van der Waals surface area contributed by atoms with Crippen molar-refractivity contribution >= 4 is 11.3 Å². The number of aromatic nitrogens is 3. The molecular weight excluding hydrogens is 282 g/mol. The number of nitrogens with zero attached hydrogens (tertiary/aromatic N) is 4. The molecule has 6 heteroatoms. The Labute approximate surface area is 125 Å². The molecule has 0 fully saturated rings. The lowest BCUT2D eigenvalue weighted by Gasteiger charge is -2.06. The summed E-state index contributed by atoms with van der Waals surface area (Å²) in [6, 6.07) is 15.0. The van der Waals surface area contributed by atoms with Gasteiger partial charge in [0.2, 0.25) is 0 Å². The van der Waals surface area contributed by atoms with Gasteiger partial charge in [0.25, 0.3) is 0 Å². The van der Waals surface area contributed by atoms with E-state index in [0.717, 1.165) is 10.6 Å². The first-order valence-electron chi connectivity index (χ1n) is 6.28. The predicted molar refractivity (Wildman–Crippen MR) is 80.3 cm³/mol. The molecule has 0 spiro atoms. The summed E-state index contributed by atoms with van der Waals surface area (Å²) in [5, 5.41) is 18.5. The molecule has 2 N–H and O–H groups in total. The van der Waals surface area contributed by atoms with Gasteiger partial charge in [0.05, 0.1) is 11.6 Å². The Bertz CT molecular complexity index is 774. The molecule has 3 rings (SSSR count). The minimum atomic E-state index is -0.296. The first-order valence-corrected chi connectivity index (χ1v) is 7.10. The van der Waals surface area contributed by atoms with Gasteiger partial charge in [0.1, 0.15) is 16.8 Å². The van der Waals surface area contributed by atoms with Gasteiger partial charge in [0.15, 0.2) is 5.01 Å². The number of benzene rings is 1. The second-order valence-electron chi connectivity index (χ2n) is 4.38. The Kier molecular flexibility index (Phi) is 3.69. The van der Waals surface area contributed by atoms with Crippen molar-refractivity contribution in [1.29, 1.82) is 5.26 Å². The maximum atomic E-state index is 8.77. The van der Waals surface area contributed by atoms with Crippen molar-refractivity contribution in [3.8, 4) is 16.8 Å². The maximum Gasteiger partial charge on any atom is 0.166 e. The maximum absolute atomic E-state index is 8.77. The summed E-state index contributed by atoms with van der Waals surface area (Å²) in [7, 11) is 0. The van der Waals surface area contributed by atoms with Gasteiger partial charge in [-0.05, 0) is 17.7 Å². The molecule has 0 bridgehead atoms. The molecule has 0 aliphatic carbocycles. The van der Waals surface area contributed by atoms with E-state index in [4.69, 9.17) is 11.0 Å². The Hall–Kier alpha value is -2.62. The fourth-order valence-electron chi connectivity index (χ4n) is 1.85. The van der Waals surface area contributed by atoms with E-state index < -0.39 is 0 Å². The molecule has 1 aromatic carbocycles. The molecule has 21 heavy (non-hydrogen) atoms. The zero-order valence-corrected chi connectivity index (χ0v) is 11.8. The molecule has 1 atom stereocenters. The molecule has 0 amide bonds. The normalized spacial score (nSPS) is 11.8. The van der Waals surface area contributed by atoms with E-state index in [-0.39, 0.29) is 6.04 Å². The van der Waals surface area contributed by atoms with Crippen LogP contribution in [0.15, 0.2) is 48.7 Å². The van der Waals surface area contributed by atoms with Gasteiger partial charge >= 0.3 is 0 Å². The quantitative estimate of drug-likeness (QED) is 0.801. The van der Waals surface area contributed by atoms with Crippen molar-refractivity contribution in [2.24, 2.45) is 5.73 Å². The van der Waals surface area contributed by atoms with Gasteiger partial charge in [-0.1, -0.05) is 41.7 Å². The molecule has 0 aliphatic heterocycles. The van der Waals surface area contributed by atoms with Gasteiger partial charge in [-0.15, -0.1) is 10.2 Å².